The molecule has 0 aromatic rings. The number of nitrogens with zero attached hydrogens (tertiary/aromatic N) is 2. The first-order valence-electron chi connectivity index (χ1n) is 4.88. The summed E-state index contributed by atoms with van der Waals surface area (Å²) in [4.78, 5) is 35.1. The van der Waals surface area contributed by atoms with Gasteiger partial charge in [-0.3, -0.25) is 9.59 Å². The Bertz CT molecular complexity index is 280. The minimum atomic E-state index is -1.09. The van der Waals surface area contributed by atoms with Crippen molar-refractivity contribution in [1.29, 1.82) is 0 Å². The maximum atomic E-state index is 11.7. The summed E-state index contributed by atoms with van der Waals surface area (Å²) in [5.41, 5.74) is 4.94. The molecule has 0 heterocycles. The van der Waals surface area contributed by atoms with Gasteiger partial charge in [-0.05, 0) is 6.42 Å². The van der Waals surface area contributed by atoms with Crippen molar-refractivity contribution < 1.29 is 19.5 Å². The summed E-state index contributed by atoms with van der Waals surface area (Å²) in [6.45, 7) is 1.55. The molecule has 0 aliphatic rings. The molecule has 0 rings (SSSR count). The lowest BCUT2D eigenvalue weighted by atomic mass is 10.4. The second-order valence-electron chi connectivity index (χ2n) is 3.42. The molecule has 92 valence electrons. The maximum absolute atomic E-state index is 11.7. The van der Waals surface area contributed by atoms with Crippen LogP contribution in [0.1, 0.15) is 13.3 Å². The fourth-order valence-electron chi connectivity index (χ4n) is 1.22. The molecule has 0 aliphatic carbocycles. The lowest BCUT2D eigenvalue weighted by molar-refractivity contribution is -0.137. The van der Waals surface area contributed by atoms with Crippen LogP contribution in [-0.2, 0) is 9.59 Å². The Morgan fingerprint density at radius 1 is 1.25 bits per heavy atom. The van der Waals surface area contributed by atoms with E-state index in [9.17, 15) is 14.4 Å². The molecule has 7 nitrogen and oxygen atoms in total. The molecule has 0 aromatic carbocycles. The van der Waals surface area contributed by atoms with E-state index in [0.29, 0.717) is 13.0 Å². The number of carbonyl (C=O) groups excluding carboxylic acids is 2. The average Bonchev–Trinajstić information content (AvgIpc) is 2.14. The number of nitrogens with two attached hydrogens (primary N) is 1. The number of aliphatic carboxylic acids is 1. The highest BCUT2D eigenvalue weighted by atomic mass is 16.4. The topological polar surface area (TPSA) is 104 Å². The van der Waals surface area contributed by atoms with Crippen LogP contribution in [0.2, 0.25) is 0 Å². The van der Waals surface area contributed by atoms with Gasteiger partial charge in [-0.25, -0.2) is 4.79 Å². The van der Waals surface area contributed by atoms with Crippen molar-refractivity contribution in [2.75, 3.05) is 26.7 Å². The highest BCUT2D eigenvalue weighted by Gasteiger charge is 2.20. The van der Waals surface area contributed by atoms with E-state index in [1.54, 1.807) is 0 Å². The third kappa shape index (κ3) is 5.18. The molecule has 0 saturated heterocycles. The van der Waals surface area contributed by atoms with Crippen LogP contribution in [0.15, 0.2) is 0 Å². The number of carbonyl (C=O) groups is 3. The van der Waals surface area contributed by atoms with Gasteiger partial charge in [0.25, 0.3) is 0 Å². The van der Waals surface area contributed by atoms with E-state index >= 15 is 0 Å². The quantitative estimate of drug-likeness (QED) is 0.632. The van der Waals surface area contributed by atoms with Crippen molar-refractivity contribution in [2.45, 2.75) is 13.3 Å². The van der Waals surface area contributed by atoms with Crippen molar-refractivity contribution in [3.8, 4) is 0 Å². The largest absolute Gasteiger partial charge is 0.480 e. The molecule has 7 heteroatoms. The summed E-state index contributed by atoms with van der Waals surface area (Å²) in [5.74, 6) is -1.73. The van der Waals surface area contributed by atoms with Gasteiger partial charge in [0.2, 0.25) is 5.91 Å². The first-order chi connectivity index (χ1) is 7.38. The van der Waals surface area contributed by atoms with Crippen LogP contribution in [0.5, 0.6) is 0 Å². The van der Waals surface area contributed by atoms with E-state index < -0.39 is 17.9 Å². The molecule has 16 heavy (non-hydrogen) atoms. The fourth-order valence-corrected chi connectivity index (χ4v) is 1.22. The Hall–Kier alpha value is -1.79. The van der Waals surface area contributed by atoms with Crippen molar-refractivity contribution in [3.63, 3.8) is 0 Å². The van der Waals surface area contributed by atoms with E-state index in [2.05, 4.69) is 0 Å². The van der Waals surface area contributed by atoms with Crippen LogP contribution in [0.4, 0.5) is 4.79 Å². The highest BCUT2D eigenvalue weighted by Crippen LogP contribution is 1.98. The molecule has 3 amide bonds. The summed E-state index contributed by atoms with van der Waals surface area (Å²) in [7, 11) is 1.40. The summed E-state index contributed by atoms with van der Waals surface area (Å²) in [5, 5.41) is 8.62. The SMILES string of the molecule is CCCN(CC(=O)O)C(=O)N(C)CC(N)=O. The van der Waals surface area contributed by atoms with Gasteiger partial charge in [-0.2, -0.15) is 0 Å². The Balaban J connectivity index is 4.46. The number of carboxylic acid groups (broad SMARTS) is 1. The molecule has 0 spiro atoms. The molecule has 0 radical (unpaired) electrons. The molecule has 0 aliphatic heterocycles. The minimum Gasteiger partial charge on any atom is -0.480 e. The van der Waals surface area contributed by atoms with Crippen molar-refractivity contribution in [2.24, 2.45) is 5.73 Å². The summed E-state index contributed by atoms with van der Waals surface area (Å²) in [6, 6.07) is -0.511. The number of rotatable bonds is 6. The van der Waals surface area contributed by atoms with Crippen LogP contribution in [0.3, 0.4) is 0 Å². The molecule has 0 fully saturated rings. The van der Waals surface area contributed by atoms with E-state index in [0.717, 1.165) is 9.80 Å². The Morgan fingerprint density at radius 3 is 2.19 bits per heavy atom. The zero-order valence-corrected chi connectivity index (χ0v) is 9.47. The zero-order valence-electron chi connectivity index (χ0n) is 9.47. The Labute approximate surface area is 93.8 Å². The van der Waals surface area contributed by atoms with Gasteiger partial charge < -0.3 is 20.6 Å². The standard InChI is InChI=1S/C9H17N3O4/c1-3-4-12(6-8(14)15)9(16)11(2)5-7(10)13/h3-6H2,1-2H3,(H2,10,13)(H,14,15). The van der Waals surface area contributed by atoms with Gasteiger partial charge in [0.15, 0.2) is 0 Å². The van der Waals surface area contributed by atoms with E-state index in [4.69, 9.17) is 10.8 Å². The number of amides is 3. The molecule has 0 unspecified atom stereocenters. The lowest BCUT2D eigenvalue weighted by Gasteiger charge is -2.25. The predicted octanol–water partition coefficient (Wildman–Crippen LogP) is -0.680. The third-order valence-corrected chi connectivity index (χ3v) is 1.81. The second kappa shape index (κ2) is 6.65. The summed E-state index contributed by atoms with van der Waals surface area (Å²) < 4.78 is 0. The molecular weight excluding hydrogens is 214 g/mol. The predicted molar refractivity (Wildman–Crippen MR) is 56.7 cm³/mol. The van der Waals surface area contributed by atoms with Crippen molar-refractivity contribution in [1.82, 2.24) is 9.80 Å². The fraction of sp³-hybridized carbons (Fsp3) is 0.667. The molecule has 0 saturated carbocycles. The first-order valence-corrected chi connectivity index (χ1v) is 4.88. The summed E-state index contributed by atoms with van der Waals surface area (Å²) >= 11 is 0. The van der Waals surface area contributed by atoms with Gasteiger partial charge >= 0.3 is 12.0 Å². The van der Waals surface area contributed by atoms with Gasteiger partial charge in [0.1, 0.15) is 13.1 Å². The van der Waals surface area contributed by atoms with Gasteiger partial charge in [-0.15, -0.1) is 0 Å². The van der Waals surface area contributed by atoms with Crippen LogP contribution >= 0.6 is 0 Å². The van der Waals surface area contributed by atoms with Crippen LogP contribution in [-0.4, -0.2) is 59.5 Å². The number of urea groups is 1. The Morgan fingerprint density at radius 2 is 1.81 bits per heavy atom. The Kier molecular flexibility index (Phi) is 5.91. The molecule has 0 atom stereocenters. The lowest BCUT2D eigenvalue weighted by Crippen LogP contribution is -2.46. The van der Waals surface area contributed by atoms with Gasteiger partial charge in [0.05, 0.1) is 0 Å². The van der Waals surface area contributed by atoms with E-state index in [-0.39, 0.29) is 13.1 Å². The molecule has 3 N–H and O–H groups in total. The van der Waals surface area contributed by atoms with Crippen molar-refractivity contribution >= 4 is 17.9 Å². The normalized spacial score (nSPS) is 9.62. The average molecular weight is 231 g/mol. The summed E-state index contributed by atoms with van der Waals surface area (Å²) in [6.07, 6.45) is 0.642. The second-order valence-corrected chi connectivity index (χ2v) is 3.42. The van der Waals surface area contributed by atoms with Gasteiger partial charge in [-0.1, -0.05) is 6.92 Å². The highest BCUT2D eigenvalue weighted by molar-refractivity contribution is 5.84. The first kappa shape index (κ1) is 14.2. The van der Waals surface area contributed by atoms with Crippen LogP contribution < -0.4 is 5.73 Å². The number of hydrogen-bond acceptors (Lipinski definition) is 3. The van der Waals surface area contributed by atoms with Crippen LogP contribution in [0.25, 0.3) is 0 Å². The number of primary amides is 1. The number of likely N-dealkylation sites (N-methyl/N-ethyl adjacent to an activating group) is 1. The number of hydrogen-bond donors (Lipinski definition) is 2. The monoisotopic (exact) mass is 231 g/mol. The van der Waals surface area contributed by atoms with Crippen molar-refractivity contribution in [3.05, 3.63) is 0 Å². The van der Waals surface area contributed by atoms with Crippen LogP contribution in [0, 0.1) is 0 Å². The third-order valence-electron chi connectivity index (χ3n) is 1.81. The van der Waals surface area contributed by atoms with E-state index in [1.165, 1.54) is 7.05 Å². The smallest absolute Gasteiger partial charge is 0.323 e. The number of carboxylic acids is 1. The van der Waals surface area contributed by atoms with E-state index in [1.807, 2.05) is 6.92 Å². The molecule has 0 aromatic heterocycles. The van der Waals surface area contributed by atoms with Gasteiger partial charge in [0, 0.05) is 13.6 Å². The minimum absolute atomic E-state index is 0.224. The maximum Gasteiger partial charge on any atom is 0.323 e. The zero-order chi connectivity index (χ0) is 12.7. The molecule has 0 bridgehead atoms. The molecular formula is C9H17N3O4.